The Bertz CT molecular complexity index is 1260. The van der Waals surface area contributed by atoms with Gasteiger partial charge in [0, 0.05) is 39.9 Å². The highest BCUT2D eigenvalue weighted by Gasteiger charge is 2.29. The van der Waals surface area contributed by atoms with Gasteiger partial charge < -0.3 is 14.7 Å². The lowest BCUT2D eigenvalue weighted by atomic mass is 10.1. The second-order valence-electron chi connectivity index (χ2n) is 8.09. The van der Waals surface area contributed by atoms with E-state index in [9.17, 15) is 4.79 Å². The summed E-state index contributed by atoms with van der Waals surface area (Å²) in [5.41, 5.74) is 4.61. The Balaban J connectivity index is 1.85. The predicted molar refractivity (Wildman–Crippen MR) is 118 cm³/mol. The van der Waals surface area contributed by atoms with Crippen molar-refractivity contribution in [3.8, 4) is 0 Å². The normalized spacial score (nSPS) is 15.8. The summed E-state index contributed by atoms with van der Waals surface area (Å²) >= 11 is 0. The molecule has 0 saturated carbocycles. The minimum atomic E-state index is 0.0139. The Morgan fingerprint density at radius 2 is 1.90 bits per heavy atom. The maximum atomic E-state index is 13.9. The van der Waals surface area contributed by atoms with E-state index >= 15 is 0 Å². The highest BCUT2D eigenvalue weighted by Crippen LogP contribution is 2.35. The Kier molecular flexibility index (Phi) is 4.51. The summed E-state index contributed by atoms with van der Waals surface area (Å²) < 4.78 is 2.00. The Morgan fingerprint density at radius 3 is 2.73 bits per heavy atom. The molecule has 1 saturated heterocycles. The number of carbonyl (C=O) groups excluding carboxylic acids is 1. The second kappa shape index (κ2) is 7.21. The lowest BCUT2D eigenvalue weighted by molar-refractivity contribution is 0.0765. The number of hydrogen-bond donors (Lipinski definition) is 0. The van der Waals surface area contributed by atoms with Gasteiger partial charge in [0.25, 0.3) is 5.91 Å². The SMILES string of the molecule is CN1CCCN(C(=O)c2c(N(C)C)c3cncnc3n3c2nc2ccccc23)CC1. The summed E-state index contributed by atoms with van der Waals surface area (Å²) in [6, 6.07) is 7.93. The zero-order chi connectivity index (χ0) is 20.8. The molecular weight excluding hydrogens is 378 g/mol. The van der Waals surface area contributed by atoms with E-state index in [1.54, 1.807) is 12.5 Å². The van der Waals surface area contributed by atoms with Crippen molar-refractivity contribution in [1.29, 1.82) is 0 Å². The molecule has 154 valence electrons. The second-order valence-corrected chi connectivity index (χ2v) is 8.09. The number of amides is 1. The van der Waals surface area contributed by atoms with Crippen LogP contribution in [0.2, 0.25) is 0 Å². The van der Waals surface area contributed by atoms with Gasteiger partial charge in [0.1, 0.15) is 11.9 Å². The van der Waals surface area contributed by atoms with Crippen LogP contribution in [0, 0.1) is 0 Å². The highest BCUT2D eigenvalue weighted by atomic mass is 16.2. The number of para-hydroxylation sites is 2. The molecule has 8 nitrogen and oxygen atoms in total. The molecule has 0 atom stereocenters. The van der Waals surface area contributed by atoms with E-state index in [0.29, 0.717) is 17.8 Å². The molecule has 30 heavy (non-hydrogen) atoms. The van der Waals surface area contributed by atoms with Crippen LogP contribution in [-0.4, -0.2) is 82.4 Å². The molecule has 4 aromatic rings. The van der Waals surface area contributed by atoms with Crippen molar-refractivity contribution in [2.45, 2.75) is 6.42 Å². The molecule has 4 heterocycles. The number of rotatable bonds is 2. The van der Waals surface area contributed by atoms with Crippen molar-refractivity contribution >= 4 is 39.3 Å². The number of nitrogens with zero attached hydrogens (tertiary/aromatic N) is 7. The molecule has 5 rings (SSSR count). The smallest absolute Gasteiger partial charge is 0.259 e. The van der Waals surface area contributed by atoms with E-state index in [-0.39, 0.29) is 5.91 Å². The maximum absolute atomic E-state index is 13.9. The number of carbonyl (C=O) groups is 1. The first kappa shape index (κ1) is 18.7. The lowest BCUT2D eigenvalue weighted by Crippen LogP contribution is -2.35. The quantitative estimate of drug-likeness (QED) is 0.511. The van der Waals surface area contributed by atoms with Crippen LogP contribution in [0.15, 0.2) is 36.8 Å². The number of hydrogen-bond acceptors (Lipinski definition) is 6. The molecule has 0 bridgehead atoms. The summed E-state index contributed by atoms with van der Waals surface area (Å²) in [6.45, 7) is 3.31. The molecule has 1 fully saturated rings. The molecule has 1 aromatic carbocycles. The van der Waals surface area contributed by atoms with Crippen LogP contribution in [0.5, 0.6) is 0 Å². The van der Waals surface area contributed by atoms with Gasteiger partial charge in [0.05, 0.1) is 22.1 Å². The number of imidazole rings is 1. The average molecular weight is 403 g/mol. The summed E-state index contributed by atoms with van der Waals surface area (Å²) in [4.78, 5) is 33.8. The first-order chi connectivity index (χ1) is 14.6. The number of benzene rings is 1. The fraction of sp³-hybridized carbons (Fsp3) is 0.364. The molecule has 1 amide bonds. The van der Waals surface area contributed by atoms with Crippen LogP contribution in [0.4, 0.5) is 5.69 Å². The molecule has 0 unspecified atom stereocenters. The zero-order valence-electron chi connectivity index (χ0n) is 17.5. The molecule has 0 aliphatic carbocycles. The third-order valence-electron chi connectivity index (χ3n) is 5.85. The van der Waals surface area contributed by atoms with Gasteiger partial charge in [-0.3, -0.25) is 9.20 Å². The molecule has 1 aliphatic rings. The van der Waals surface area contributed by atoms with E-state index in [2.05, 4.69) is 21.9 Å². The van der Waals surface area contributed by atoms with Crippen LogP contribution in [0.1, 0.15) is 16.8 Å². The van der Waals surface area contributed by atoms with Gasteiger partial charge in [-0.15, -0.1) is 0 Å². The van der Waals surface area contributed by atoms with Gasteiger partial charge in [0.15, 0.2) is 11.3 Å². The van der Waals surface area contributed by atoms with Crippen molar-refractivity contribution in [3.63, 3.8) is 0 Å². The molecule has 0 N–H and O–H groups in total. The average Bonchev–Trinajstić information content (AvgIpc) is 3.00. The Morgan fingerprint density at radius 1 is 1.07 bits per heavy atom. The summed E-state index contributed by atoms with van der Waals surface area (Å²) in [7, 11) is 6.01. The van der Waals surface area contributed by atoms with E-state index in [0.717, 1.165) is 53.8 Å². The number of pyridine rings is 1. The Labute approximate surface area is 174 Å². The van der Waals surface area contributed by atoms with Crippen molar-refractivity contribution in [1.82, 2.24) is 29.2 Å². The molecule has 0 radical (unpaired) electrons. The highest BCUT2D eigenvalue weighted by molar-refractivity contribution is 6.13. The minimum Gasteiger partial charge on any atom is -0.376 e. The van der Waals surface area contributed by atoms with Crippen molar-refractivity contribution in [3.05, 3.63) is 42.4 Å². The molecule has 3 aromatic heterocycles. The molecular formula is C22H25N7O. The van der Waals surface area contributed by atoms with E-state index in [1.807, 2.05) is 52.6 Å². The number of likely N-dealkylation sites (N-methyl/N-ethyl adjacent to an activating group) is 1. The third-order valence-corrected chi connectivity index (χ3v) is 5.85. The largest absolute Gasteiger partial charge is 0.376 e. The van der Waals surface area contributed by atoms with Crippen LogP contribution in [0.3, 0.4) is 0 Å². The predicted octanol–water partition coefficient (Wildman–Crippen LogP) is 2.27. The molecule has 1 aliphatic heterocycles. The number of aromatic nitrogens is 4. The first-order valence-electron chi connectivity index (χ1n) is 10.2. The van der Waals surface area contributed by atoms with Gasteiger partial charge in [-0.05, 0) is 32.1 Å². The van der Waals surface area contributed by atoms with Crippen molar-refractivity contribution in [2.75, 3.05) is 52.2 Å². The number of fused-ring (bicyclic) bond motifs is 5. The van der Waals surface area contributed by atoms with Gasteiger partial charge in [-0.1, -0.05) is 12.1 Å². The fourth-order valence-electron chi connectivity index (χ4n) is 4.39. The Hall–Kier alpha value is -3.26. The topological polar surface area (TPSA) is 69.9 Å². The third kappa shape index (κ3) is 2.87. The molecule has 0 spiro atoms. The van der Waals surface area contributed by atoms with Gasteiger partial charge in [0.2, 0.25) is 0 Å². The summed E-state index contributed by atoms with van der Waals surface area (Å²) in [5, 5.41) is 0.841. The van der Waals surface area contributed by atoms with E-state index in [1.165, 1.54) is 0 Å². The van der Waals surface area contributed by atoms with E-state index in [4.69, 9.17) is 4.98 Å². The van der Waals surface area contributed by atoms with Crippen molar-refractivity contribution in [2.24, 2.45) is 0 Å². The van der Waals surface area contributed by atoms with E-state index < -0.39 is 0 Å². The van der Waals surface area contributed by atoms with Gasteiger partial charge in [-0.2, -0.15) is 0 Å². The lowest BCUT2D eigenvalue weighted by Gasteiger charge is -2.25. The standard InChI is InChI=1S/C22H25N7O/c1-26(2)19-15-13-23-14-24-20(15)29-17-8-5-4-7-16(17)25-21(29)18(19)22(30)28-10-6-9-27(3)11-12-28/h4-5,7-8,13-14H,6,9-12H2,1-3H3. The van der Waals surface area contributed by atoms with Gasteiger partial charge in [-0.25, -0.2) is 15.0 Å². The minimum absolute atomic E-state index is 0.0139. The maximum Gasteiger partial charge on any atom is 0.259 e. The van der Waals surface area contributed by atoms with Crippen LogP contribution in [-0.2, 0) is 0 Å². The monoisotopic (exact) mass is 403 g/mol. The fourth-order valence-corrected chi connectivity index (χ4v) is 4.39. The zero-order valence-corrected chi connectivity index (χ0v) is 17.5. The van der Waals surface area contributed by atoms with Crippen molar-refractivity contribution < 1.29 is 4.79 Å². The van der Waals surface area contributed by atoms with Crippen LogP contribution >= 0.6 is 0 Å². The summed E-state index contributed by atoms with van der Waals surface area (Å²) in [5.74, 6) is 0.0139. The summed E-state index contributed by atoms with van der Waals surface area (Å²) in [6.07, 6.45) is 4.30. The first-order valence-corrected chi connectivity index (χ1v) is 10.2. The van der Waals surface area contributed by atoms with Gasteiger partial charge >= 0.3 is 0 Å². The number of anilines is 1. The van der Waals surface area contributed by atoms with Crippen LogP contribution in [0.25, 0.3) is 27.7 Å². The van der Waals surface area contributed by atoms with Crippen LogP contribution < -0.4 is 4.90 Å². The molecule has 8 heteroatoms.